The van der Waals surface area contributed by atoms with Gasteiger partial charge in [0.25, 0.3) is 0 Å². The average molecular weight is 180 g/mol. The van der Waals surface area contributed by atoms with Crippen LogP contribution in [0.3, 0.4) is 0 Å². The largest absolute Gasteiger partial charge is 0.368 e. The quantitative estimate of drug-likeness (QED) is 0.577. The molecule has 4 heteroatoms. The van der Waals surface area contributed by atoms with E-state index in [1.165, 1.54) is 0 Å². The Kier molecular flexibility index (Phi) is 2.97. The molecule has 1 aromatic rings. The molecule has 0 bridgehead atoms. The molecule has 0 aliphatic carbocycles. The predicted octanol–water partition coefficient (Wildman–Crippen LogP) is -1.13. The molecular weight excluding hydrogens is 166 g/mol. The van der Waals surface area contributed by atoms with Crippen LogP contribution in [0.2, 0.25) is 0 Å². The summed E-state index contributed by atoms with van der Waals surface area (Å²) in [6.07, 6.45) is 4.33. The van der Waals surface area contributed by atoms with Gasteiger partial charge in [0.2, 0.25) is 5.91 Å². The highest BCUT2D eigenvalue weighted by Gasteiger charge is 2.11. The number of carbonyl (C=O) groups is 1. The van der Waals surface area contributed by atoms with Gasteiger partial charge < -0.3 is 11.5 Å². The van der Waals surface area contributed by atoms with Crippen LogP contribution in [0.1, 0.15) is 5.56 Å². The third-order valence-electron chi connectivity index (χ3n) is 1.82. The van der Waals surface area contributed by atoms with Gasteiger partial charge in [0.1, 0.15) is 7.05 Å². The molecule has 1 unspecified atom stereocenters. The van der Waals surface area contributed by atoms with Gasteiger partial charge in [-0.1, -0.05) is 0 Å². The first kappa shape index (κ1) is 9.67. The Morgan fingerprint density at radius 1 is 1.69 bits per heavy atom. The van der Waals surface area contributed by atoms with E-state index in [1.807, 2.05) is 36.1 Å². The van der Waals surface area contributed by atoms with E-state index in [4.69, 9.17) is 11.5 Å². The summed E-state index contributed by atoms with van der Waals surface area (Å²) < 4.78 is 1.91. The zero-order valence-electron chi connectivity index (χ0n) is 7.60. The highest BCUT2D eigenvalue weighted by Crippen LogP contribution is 1.97. The Hall–Kier alpha value is -1.42. The lowest BCUT2D eigenvalue weighted by Gasteiger charge is -2.05. The minimum atomic E-state index is -0.595. The minimum Gasteiger partial charge on any atom is -0.368 e. The molecule has 1 aromatic heterocycles. The van der Waals surface area contributed by atoms with E-state index in [1.54, 1.807) is 0 Å². The van der Waals surface area contributed by atoms with Crippen LogP contribution in [0.25, 0.3) is 0 Å². The molecule has 1 amide bonds. The molecule has 4 N–H and O–H groups in total. The summed E-state index contributed by atoms with van der Waals surface area (Å²) >= 11 is 0. The van der Waals surface area contributed by atoms with E-state index >= 15 is 0 Å². The first-order chi connectivity index (χ1) is 6.09. The highest BCUT2D eigenvalue weighted by atomic mass is 16.1. The highest BCUT2D eigenvalue weighted by molar-refractivity contribution is 5.79. The number of pyridine rings is 1. The monoisotopic (exact) mass is 180 g/mol. The SMILES string of the molecule is C[n+]1cccc(CC(N)C(N)=O)c1. The molecule has 70 valence electrons. The van der Waals surface area contributed by atoms with Gasteiger partial charge in [-0.25, -0.2) is 4.57 Å². The third kappa shape index (κ3) is 2.83. The van der Waals surface area contributed by atoms with Crippen molar-refractivity contribution in [3.8, 4) is 0 Å². The van der Waals surface area contributed by atoms with Crippen molar-refractivity contribution in [2.24, 2.45) is 18.5 Å². The normalized spacial score (nSPS) is 12.5. The fourth-order valence-electron chi connectivity index (χ4n) is 1.13. The smallest absolute Gasteiger partial charge is 0.234 e. The lowest BCUT2D eigenvalue weighted by molar-refractivity contribution is -0.671. The Balaban J connectivity index is 2.69. The van der Waals surface area contributed by atoms with Gasteiger partial charge in [-0.2, -0.15) is 0 Å². The van der Waals surface area contributed by atoms with E-state index in [0.29, 0.717) is 6.42 Å². The minimum absolute atomic E-state index is 0.466. The topological polar surface area (TPSA) is 73.0 Å². The maximum Gasteiger partial charge on any atom is 0.234 e. The number of nitrogens with zero attached hydrogens (tertiary/aromatic N) is 1. The van der Waals surface area contributed by atoms with Crippen molar-refractivity contribution in [1.82, 2.24) is 0 Å². The molecule has 0 aliphatic rings. The average Bonchev–Trinajstić information content (AvgIpc) is 2.04. The number of hydrogen-bond donors (Lipinski definition) is 2. The van der Waals surface area contributed by atoms with E-state index in [2.05, 4.69) is 0 Å². The van der Waals surface area contributed by atoms with Gasteiger partial charge in [-0.3, -0.25) is 4.79 Å². The molecular formula is C9H14N3O+. The van der Waals surface area contributed by atoms with Crippen molar-refractivity contribution in [3.05, 3.63) is 30.1 Å². The zero-order chi connectivity index (χ0) is 9.84. The summed E-state index contributed by atoms with van der Waals surface area (Å²) in [5.74, 6) is -0.466. The molecule has 0 aromatic carbocycles. The van der Waals surface area contributed by atoms with Gasteiger partial charge >= 0.3 is 0 Å². The number of nitrogens with two attached hydrogens (primary N) is 2. The summed E-state index contributed by atoms with van der Waals surface area (Å²) in [6.45, 7) is 0. The second kappa shape index (κ2) is 4.00. The van der Waals surface area contributed by atoms with Crippen LogP contribution in [-0.4, -0.2) is 11.9 Å². The van der Waals surface area contributed by atoms with Crippen LogP contribution in [0, 0.1) is 0 Å². The molecule has 0 saturated heterocycles. The summed E-state index contributed by atoms with van der Waals surface area (Å²) in [7, 11) is 1.92. The van der Waals surface area contributed by atoms with Crippen LogP contribution in [0.4, 0.5) is 0 Å². The molecule has 0 fully saturated rings. The first-order valence-corrected chi connectivity index (χ1v) is 4.08. The molecule has 13 heavy (non-hydrogen) atoms. The molecule has 0 spiro atoms. The number of carbonyl (C=O) groups excluding carboxylic acids is 1. The van der Waals surface area contributed by atoms with Gasteiger partial charge in [0.15, 0.2) is 12.4 Å². The number of rotatable bonds is 3. The molecule has 0 aliphatic heterocycles. The van der Waals surface area contributed by atoms with Gasteiger partial charge in [0, 0.05) is 18.1 Å². The maximum atomic E-state index is 10.7. The Morgan fingerprint density at radius 2 is 2.38 bits per heavy atom. The van der Waals surface area contributed by atoms with E-state index in [0.717, 1.165) is 5.56 Å². The van der Waals surface area contributed by atoms with Crippen LogP contribution >= 0.6 is 0 Å². The van der Waals surface area contributed by atoms with E-state index in [9.17, 15) is 4.79 Å². The number of hydrogen-bond acceptors (Lipinski definition) is 2. The van der Waals surface area contributed by atoms with Crippen LogP contribution < -0.4 is 16.0 Å². The van der Waals surface area contributed by atoms with Crippen molar-refractivity contribution in [3.63, 3.8) is 0 Å². The lowest BCUT2D eigenvalue weighted by atomic mass is 10.1. The fraction of sp³-hybridized carbons (Fsp3) is 0.333. The first-order valence-electron chi connectivity index (χ1n) is 4.08. The summed E-state index contributed by atoms with van der Waals surface area (Å²) in [5, 5.41) is 0. The Labute approximate surface area is 77.2 Å². The number of aryl methyl sites for hydroxylation is 1. The summed E-state index contributed by atoms with van der Waals surface area (Å²) in [4.78, 5) is 10.7. The fourth-order valence-corrected chi connectivity index (χ4v) is 1.13. The van der Waals surface area contributed by atoms with Crippen molar-refractivity contribution in [1.29, 1.82) is 0 Å². The molecule has 0 saturated carbocycles. The molecule has 4 nitrogen and oxygen atoms in total. The van der Waals surface area contributed by atoms with Crippen molar-refractivity contribution < 1.29 is 9.36 Å². The van der Waals surface area contributed by atoms with Crippen LogP contribution in [-0.2, 0) is 18.3 Å². The molecule has 1 atom stereocenters. The van der Waals surface area contributed by atoms with E-state index < -0.39 is 11.9 Å². The Bertz CT molecular complexity index is 311. The second-order valence-corrected chi connectivity index (χ2v) is 3.09. The van der Waals surface area contributed by atoms with Crippen LogP contribution in [0.5, 0.6) is 0 Å². The summed E-state index contributed by atoms with van der Waals surface area (Å²) in [6, 6.07) is 3.23. The lowest BCUT2D eigenvalue weighted by Crippen LogP contribution is -2.38. The maximum absolute atomic E-state index is 10.7. The number of primary amides is 1. The van der Waals surface area contributed by atoms with E-state index in [-0.39, 0.29) is 0 Å². The molecule has 1 rings (SSSR count). The zero-order valence-corrected chi connectivity index (χ0v) is 7.60. The van der Waals surface area contributed by atoms with Crippen molar-refractivity contribution in [2.45, 2.75) is 12.5 Å². The van der Waals surface area contributed by atoms with Crippen molar-refractivity contribution >= 4 is 5.91 Å². The predicted molar refractivity (Wildman–Crippen MR) is 48.5 cm³/mol. The van der Waals surface area contributed by atoms with Crippen LogP contribution in [0.15, 0.2) is 24.5 Å². The third-order valence-corrected chi connectivity index (χ3v) is 1.82. The molecule has 1 heterocycles. The standard InChI is InChI=1S/C9H13N3O/c1-12-4-2-3-7(6-12)5-8(10)9(11)13/h2-4,6,8H,5,10H2,1H3,(H-,11,13)/p+1. The Morgan fingerprint density at radius 3 is 2.92 bits per heavy atom. The summed E-state index contributed by atoms with van der Waals surface area (Å²) in [5.41, 5.74) is 11.6. The molecule has 0 radical (unpaired) electrons. The number of aromatic nitrogens is 1. The van der Waals surface area contributed by atoms with Crippen molar-refractivity contribution in [2.75, 3.05) is 0 Å². The van der Waals surface area contributed by atoms with Gasteiger partial charge in [0.05, 0.1) is 6.04 Å². The van der Waals surface area contributed by atoms with Gasteiger partial charge in [-0.05, 0) is 6.07 Å². The number of amides is 1. The van der Waals surface area contributed by atoms with Gasteiger partial charge in [-0.15, -0.1) is 0 Å². The second-order valence-electron chi connectivity index (χ2n) is 3.09.